The Morgan fingerprint density at radius 1 is 0.964 bits per heavy atom. The summed E-state index contributed by atoms with van der Waals surface area (Å²) in [5.41, 5.74) is 2.48. The van der Waals surface area contributed by atoms with Gasteiger partial charge in [0, 0.05) is 55.4 Å². The molecular weight excluding hydrogens is 373 g/mol. The summed E-state index contributed by atoms with van der Waals surface area (Å²) in [6.45, 7) is 7.50. The second kappa shape index (κ2) is 9.16. The summed E-state index contributed by atoms with van der Waals surface area (Å²) < 4.78 is 21.1. The fraction of sp³-hybridized carbons (Fsp3) is 0.455. The first-order valence-electron chi connectivity index (χ1n) is 10.0. The van der Waals surface area contributed by atoms with Gasteiger partial charge in [0.1, 0.15) is 11.6 Å². The number of ether oxygens (including phenoxy) is 1. The summed E-state index contributed by atoms with van der Waals surface area (Å²) in [5, 5.41) is 0. The lowest BCUT2D eigenvalue weighted by Gasteiger charge is -2.36. The van der Waals surface area contributed by atoms with Crippen molar-refractivity contribution in [3.8, 4) is 5.75 Å². The van der Waals surface area contributed by atoms with Gasteiger partial charge in [-0.1, -0.05) is 6.07 Å². The molecule has 0 saturated carbocycles. The van der Waals surface area contributed by atoms with Crippen molar-refractivity contribution in [1.29, 1.82) is 0 Å². The van der Waals surface area contributed by atoms with E-state index in [9.17, 15) is 4.39 Å². The van der Waals surface area contributed by atoms with Crippen LogP contribution in [0.5, 0.6) is 5.75 Å². The smallest absolute Gasteiger partial charge is 0.123 e. The van der Waals surface area contributed by atoms with Gasteiger partial charge in [-0.3, -0.25) is 4.90 Å². The molecule has 0 atom stereocenters. The minimum atomic E-state index is -0.168. The van der Waals surface area contributed by atoms with Gasteiger partial charge in [0.25, 0.3) is 0 Å². The van der Waals surface area contributed by atoms with E-state index in [2.05, 4.69) is 32.3 Å². The van der Waals surface area contributed by atoms with Gasteiger partial charge in [-0.05, 0) is 67.7 Å². The topological polar surface area (TPSA) is 19.0 Å². The number of methoxy groups -OCH3 is 1. The van der Waals surface area contributed by atoms with Crippen LogP contribution in [-0.4, -0.2) is 62.1 Å². The Labute approximate surface area is 171 Å². The van der Waals surface area contributed by atoms with Crippen LogP contribution in [0.1, 0.15) is 12.0 Å². The van der Waals surface area contributed by atoms with Gasteiger partial charge in [-0.2, -0.15) is 0 Å². The maximum atomic E-state index is 13.1. The molecule has 0 N–H and O–H groups in total. The zero-order valence-electron chi connectivity index (χ0n) is 16.4. The predicted octanol–water partition coefficient (Wildman–Crippen LogP) is 3.91. The lowest BCUT2D eigenvalue weighted by atomic mass is 10.1. The fourth-order valence-corrected chi connectivity index (χ4v) is 5.13. The van der Waals surface area contributed by atoms with Crippen LogP contribution in [0, 0.1) is 5.82 Å². The lowest BCUT2D eigenvalue weighted by molar-refractivity contribution is 0.247. The number of piperazine rings is 1. The number of halogens is 1. The summed E-state index contributed by atoms with van der Waals surface area (Å²) in [6, 6.07) is 13.2. The normalized spacial score (nSPS) is 18.1. The third-order valence-corrected chi connectivity index (χ3v) is 6.80. The minimum absolute atomic E-state index is 0.168. The Bertz CT molecular complexity index is 778. The molecule has 0 spiro atoms. The largest absolute Gasteiger partial charge is 0.496 e. The minimum Gasteiger partial charge on any atom is -0.496 e. The molecule has 0 bridgehead atoms. The lowest BCUT2D eigenvalue weighted by Crippen LogP contribution is -2.47. The highest BCUT2D eigenvalue weighted by molar-refractivity contribution is 7.97. The predicted molar refractivity (Wildman–Crippen MR) is 114 cm³/mol. The molecule has 0 radical (unpaired) electrons. The number of benzene rings is 2. The molecule has 6 heteroatoms. The Morgan fingerprint density at radius 2 is 1.75 bits per heavy atom. The van der Waals surface area contributed by atoms with Crippen LogP contribution >= 0.6 is 11.9 Å². The van der Waals surface area contributed by atoms with E-state index >= 15 is 0 Å². The SMILES string of the molecule is COc1cccc2c1CCN(CCCN1CCN(c3ccc(F)cc3)CC1)S2. The van der Waals surface area contributed by atoms with Crippen LogP contribution in [0.15, 0.2) is 47.4 Å². The van der Waals surface area contributed by atoms with E-state index in [0.717, 1.165) is 63.7 Å². The van der Waals surface area contributed by atoms with Crippen molar-refractivity contribution in [2.24, 2.45) is 0 Å². The zero-order chi connectivity index (χ0) is 19.3. The molecule has 2 aromatic carbocycles. The van der Waals surface area contributed by atoms with E-state index in [0.29, 0.717) is 0 Å². The van der Waals surface area contributed by atoms with E-state index in [1.165, 1.54) is 16.9 Å². The molecule has 0 aliphatic carbocycles. The van der Waals surface area contributed by atoms with Gasteiger partial charge in [0.15, 0.2) is 0 Å². The highest BCUT2D eigenvalue weighted by Gasteiger charge is 2.21. The summed E-state index contributed by atoms with van der Waals surface area (Å²) >= 11 is 1.87. The zero-order valence-corrected chi connectivity index (χ0v) is 17.3. The molecule has 0 aromatic heterocycles. The molecule has 4 nitrogen and oxygen atoms in total. The Kier molecular flexibility index (Phi) is 6.40. The summed E-state index contributed by atoms with van der Waals surface area (Å²) in [4.78, 5) is 6.23. The van der Waals surface area contributed by atoms with E-state index in [1.807, 2.05) is 24.1 Å². The number of rotatable bonds is 6. The highest BCUT2D eigenvalue weighted by atomic mass is 32.2. The van der Waals surface area contributed by atoms with Crippen molar-refractivity contribution < 1.29 is 9.13 Å². The summed E-state index contributed by atoms with van der Waals surface area (Å²) in [5.74, 6) is 0.850. The summed E-state index contributed by atoms with van der Waals surface area (Å²) in [6.07, 6.45) is 2.24. The molecular formula is C22H28FN3OS. The van der Waals surface area contributed by atoms with Gasteiger partial charge in [-0.25, -0.2) is 8.70 Å². The van der Waals surface area contributed by atoms with Gasteiger partial charge in [-0.15, -0.1) is 0 Å². The second-order valence-electron chi connectivity index (χ2n) is 7.37. The first-order valence-corrected chi connectivity index (χ1v) is 10.8. The molecule has 2 aliphatic heterocycles. The van der Waals surface area contributed by atoms with Crippen molar-refractivity contribution in [3.05, 3.63) is 53.8 Å². The average Bonchev–Trinajstić information content (AvgIpc) is 2.74. The molecule has 0 amide bonds. The van der Waals surface area contributed by atoms with E-state index < -0.39 is 0 Å². The van der Waals surface area contributed by atoms with Gasteiger partial charge in [0.05, 0.1) is 7.11 Å². The van der Waals surface area contributed by atoms with Crippen LogP contribution in [0.4, 0.5) is 10.1 Å². The number of hydrogen-bond acceptors (Lipinski definition) is 5. The standard InChI is InChI=1S/C22H28FN3OS/c1-27-21-4-2-5-22-20(21)10-13-26(28-22)12-3-11-24-14-16-25(17-15-24)19-8-6-18(23)7-9-19/h2,4-9H,3,10-17H2,1H3. The van der Waals surface area contributed by atoms with Gasteiger partial charge in [0.2, 0.25) is 0 Å². The maximum absolute atomic E-state index is 13.1. The molecule has 4 rings (SSSR count). The number of hydrogen-bond donors (Lipinski definition) is 0. The molecule has 0 unspecified atom stereocenters. The maximum Gasteiger partial charge on any atom is 0.123 e. The summed E-state index contributed by atoms with van der Waals surface area (Å²) in [7, 11) is 1.75. The van der Waals surface area contributed by atoms with Crippen molar-refractivity contribution in [1.82, 2.24) is 9.21 Å². The molecule has 150 valence electrons. The molecule has 28 heavy (non-hydrogen) atoms. The van der Waals surface area contributed by atoms with Crippen LogP contribution in [-0.2, 0) is 6.42 Å². The Balaban J connectivity index is 1.20. The Hall–Kier alpha value is -1.76. The number of anilines is 1. The van der Waals surface area contributed by atoms with E-state index in [-0.39, 0.29) is 5.82 Å². The van der Waals surface area contributed by atoms with Gasteiger partial charge < -0.3 is 9.64 Å². The third-order valence-electron chi connectivity index (χ3n) is 5.59. The highest BCUT2D eigenvalue weighted by Crippen LogP contribution is 2.36. The molecule has 2 aromatic rings. The molecule has 1 saturated heterocycles. The molecule has 2 aliphatic rings. The van der Waals surface area contributed by atoms with Gasteiger partial charge >= 0.3 is 0 Å². The van der Waals surface area contributed by atoms with Crippen LogP contribution in [0.2, 0.25) is 0 Å². The van der Waals surface area contributed by atoms with Crippen molar-refractivity contribution in [2.75, 3.05) is 57.8 Å². The van der Waals surface area contributed by atoms with E-state index in [1.54, 1.807) is 19.2 Å². The average molecular weight is 402 g/mol. The first kappa shape index (κ1) is 19.6. The number of nitrogens with zero attached hydrogens (tertiary/aromatic N) is 3. The van der Waals surface area contributed by atoms with Crippen molar-refractivity contribution >= 4 is 17.6 Å². The monoisotopic (exact) mass is 401 g/mol. The molecule has 2 heterocycles. The first-order chi connectivity index (χ1) is 13.7. The van der Waals surface area contributed by atoms with Crippen LogP contribution in [0.3, 0.4) is 0 Å². The van der Waals surface area contributed by atoms with Crippen molar-refractivity contribution in [2.45, 2.75) is 17.7 Å². The fourth-order valence-electron chi connectivity index (χ4n) is 4.00. The van der Waals surface area contributed by atoms with Crippen molar-refractivity contribution in [3.63, 3.8) is 0 Å². The molecule has 1 fully saturated rings. The van der Waals surface area contributed by atoms with Crippen LogP contribution < -0.4 is 9.64 Å². The van der Waals surface area contributed by atoms with Crippen LogP contribution in [0.25, 0.3) is 0 Å². The third kappa shape index (κ3) is 4.62. The quantitative estimate of drug-likeness (QED) is 0.682. The van der Waals surface area contributed by atoms with E-state index in [4.69, 9.17) is 4.74 Å². The Morgan fingerprint density at radius 3 is 2.50 bits per heavy atom. The second-order valence-corrected chi connectivity index (χ2v) is 8.50. The number of fused-ring (bicyclic) bond motifs is 1.